The monoisotopic (exact) mass is 530 g/mol. The van der Waals surface area contributed by atoms with Crippen LogP contribution in [0.5, 0.6) is 11.5 Å². The predicted molar refractivity (Wildman–Crippen MR) is 140 cm³/mol. The van der Waals surface area contributed by atoms with Crippen molar-refractivity contribution in [1.29, 1.82) is 0 Å². The van der Waals surface area contributed by atoms with Gasteiger partial charge in [-0.1, -0.05) is 23.7 Å². The average molecular weight is 531 g/mol. The van der Waals surface area contributed by atoms with Gasteiger partial charge in [0.15, 0.2) is 0 Å². The van der Waals surface area contributed by atoms with Gasteiger partial charge >= 0.3 is 6.18 Å². The van der Waals surface area contributed by atoms with Crippen LogP contribution in [0.4, 0.5) is 18.9 Å². The molecular weight excluding hydrogens is 501 g/mol. The number of piperazine rings is 1. The first-order chi connectivity index (χ1) is 17.8. The Hall–Kier alpha value is -2.78. The Morgan fingerprint density at radius 1 is 0.865 bits per heavy atom. The number of halogens is 4. The van der Waals surface area contributed by atoms with E-state index in [-0.39, 0.29) is 6.04 Å². The molecule has 196 valence electrons. The molecule has 37 heavy (non-hydrogen) atoms. The van der Waals surface area contributed by atoms with Crippen molar-refractivity contribution in [2.75, 3.05) is 57.4 Å². The van der Waals surface area contributed by atoms with E-state index < -0.39 is 11.7 Å². The van der Waals surface area contributed by atoms with Gasteiger partial charge in [-0.15, -0.1) is 0 Å². The fourth-order valence-electron chi connectivity index (χ4n) is 4.91. The van der Waals surface area contributed by atoms with Crippen LogP contribution < -0.4 is 15.0 Å². The first-order valence-electron chi connectivity index (χ1n) is 12.5. The van der Waals surface area contributed by atoms with Gasteiger partial charge in [-0.3, -0.25) is 9.80 Å². The van der Waals surface area contributed by atoms with Crippen LogP contribution in [0.3, 0.4) is 0 Å². The second-order valence-corrected chi connectivity index (χ2v) is 9.91. The molecule has 0 amide bonds. The van der Waals surface area contributed by atoms with Crippen molar-refractivity contribution in [3.05, 3.63) is 88.9 Å². The topological polar surface area (TPSA) is 31.0 Å². The van der Waals surface area contributed by atoms with Gasteiger partial charge in [0.25, 0.3) is 0 Å². The highest BCUT2D eigenvalue weighted by Gasteiger charge is 2.35. The van der Waals surface area contributed by atoms with E-state index in [4.69, 9.17) is 16.3 Å². The molecule has 5 nitrogen and oxygen atoms in total. The number of nitrogens with one attached hydrogen (secondary N) is 1. The SMILES string of the molecule is FC(F)(F)c1cccc(C2CN(CCN3CCNCC3)CN2c2ccc(Oc3ccc(Cl)cc3)cc2)c1. The molecule has 0 aliphatic carbocycles. The highest BCUT2D eigenvalue weighted by Crippen LogP contribution is 2.37. The highest BCUT2D eigenvalue weighted by atomic mass is 35.5. The van der Waals surface area contributed by atoms with Crippen LogP contribution in [0.2, 0.25) is 5.02 Å². The molecule has 3 aromatic carbocycles. The number of anilines is 1. The fraction of sp³-hybridized carbons (Fsp3) is 0.357. The van der Waals surface area contributed by atoms with E-state index in [1.807, 2.05) is 24.3 Å². The third-order valence-electron chi connectivity index (χ3n) is 6.92. The molecule has 3 aromatic rings. The summed E-state index contributed by atoms with van der Waals surface area (Å²) < 4.78 is 46.3. The molecule has 1 unspecified atom stereocenters. The second kappa shape index (κ2) is 11.3. The molecule has 2 fully saturated rings. The normalized spacial score (nSPS) is 19.4. The van der Waals surface area contributed by atoms with Crippen molar-refractivity contribution in [3.8, 4) is 11.5 Å². The molecule has 0 saturated carbocycles. The zero-order valence-corrected chi connectivity index (χ0v) is 21.2. The number of ether oxygens (including phenoxy) is 1. The van der Waals surface area contributed by atoms with Crippen molar-refractivity contribution in [2.45, 2.75) is 12.2 Å². The van der Waals surface area contributed by atoms with Gasteiger partial charge in [-0.05, 0) is 66.2 Å². The Kier molecular flexibility index (Phi) is 7.90. The molecule has 1 atom stereocenters. The number of benzene rings is 3. The maximum absolute atomic E-state index is 13.5. The lowest BCUT2D eigenvalue weighted by Gasteiger charge is -2.29. The van der Waals surface area contributed by atoms with E-state index >= 15 is 0 Å². The zero-order valence-electron chi connectivity index (χ0n) is 20.4. The summed E-state index contributed by atoms with van der Waals surface area (Å²) in [5.74, 6) is 1.36. The molecule has 9 heteroatoms. The van der Waals surface area contributed by atoms with Crippen LogP contribution in [0.25, 0.3) is 0 Å². The number of hydrogen-bond acceptors (Lipinski definition) is 5. The molecule has 0 spiro atoms. The minimum Gasteiger partial charge on any atom is -0.457 e. The molecule has 5 rings (SSSR count). The molecular formula is C28H30ClF3N4O. The standard InChI is InChI=1S/C28H30ClF3N4O/c29-23-4-8-25(9-5-23)37-26-10-6-24(7-11-26)36-20-35(17-16-34-14-12-33-13-15-34)19-27(36)21-2-1-3-22(18-21)28(30,31)32/h1-11,18,27,33H,12-17,19-20H2. The lowest BCUT2D eigenvalue weighted by molar-refractivity contribution is -0.137. The summed E-state index contributed by atoms with van der Waals surface area (Å²) in [7, 11) is 0. The van der Waals surface area contributed by atoms with Crippen molar-refractivity contribution >= 4 is 17.3 Å². The summed E-state index contributed by atoms with van der Waals surface area (Å²) in [5.41, 5.74) is 0.993. The molecule has 1 N–H and O–H groups in total. The van der Waals surface area contributed by atoms with Gasteiger partial charge in [-0.25, -0.2) is 0 Å². The van der Waals surface area contributed by atoms with Gasteiger partial charge in [0.1, 0.15) is 11.5 Å². The molecule has 2 aliphatic rings. The van der Waals surface area contributed by atoms with Gasteiger partial charge < -0.3 is 15.0 Å². The summed E-state index contributed by atoms with van der Waals surface area (Å²) in [6.45, 7) is 7.13. The minimum absolute atomic E-state index is 0.187. The van der Waals surface area contributed by atoms with E-state index in [1.54, 1.807) is 30.3 Å². The Morgan fingerprint density at radius 3 is 2.19 bits per heavy atom. The molecule has 0 bridgehead atoms. The number of hydrogen-bond donors (Lipinski definition) is 1. The maximum atomic E-state index is 13.5. The number of rotatable bonds is 7. The molecule has 2 aliphatic heterocycles. The van der Waals surface area contributed by atoms with E-state index in [0.29, 0.717) is 35.3 Å². The van der Waals surface area contributed by atoms with Crippen LogP contribution in [-0.4, -0.2) is 62.3 Å². The third kappa shape index (κ3) is 6.57. The largest absolute Gasteiger partial charge is 0.457 e. The summed E-state index contributed by atoms with van der Waals surface area (Å²) in [4.78, 5) is 6.94. The van der Waals surface area contributed by atoms with E-state index in [1.165, 1.54) is 12.1 Å². The molecule has 2 saturated heterocycles. The van der Waals surface area contributed by atoms with Crippen molar-refractivity contribution in [3.63, 3.8) is 0 Å². The van der Waals surface area contributed by atoms with Crippen molar-refractivity contribution in [2.24, 2.45) is 0 Å². The van der Waals surface area contributed by atoms with Gasteiger partial charge in [0.2, 0.25) is 0 Å². The smallest absolute Gasteiger partial charge is 0.416 e. The van der Waals surface area contributed by atoms with Crippen LogP contribution in [0.1, 0.15) is 17.2 Å². The van der Waals surface area contributed by atoms with E-state index in [0.717, 1.165) is 51.0 Å². The summed E-state index contributed by atoms with van der Waals surface area (Å²) in [5, 5.41) is 4.01. The predicted octanol–water partition coefficient (Wildman–Crippen LogP) is 5.88. The van der Waals surface area contributed by atoms with Crippen LogP contribution in [-0.2, 0) is 6.18 Å². The lowest BCUT2D eigenvalue weighted by Crippen LogP contribution is -2.46. The maximum Gasteiger partial charge on any atom is 0.416 e. The minimum atomic E-state index is -4.37. The first kappa shape index (κ1) is 25.9. The summed E-state index contributed by atoms with van der Waals surface area (Å²) in [6.07, 6.45) is -4.37. The first-order valence-corrected chi connectivity index (χ1v) is 12.9. The number of nitrogens with zero attached hydrogens (tertiary/aromatic N) is 3. The zero-order chi connectivity index (χ0) is 25.8. The fourth-order valence-corrected chi connectivity index (χ4v) is 5.03. The van der Waals surface area contributed by atoms with Gasteiger partial charge in [0, 0.05) is 56.5 Å². The Morgan fingerprint density at radius 2 is 1.51 bits per heavy atom. The molecule has 0 aromatic heterocycles. The average Bonchev–Trinajstić information content (AvgIpc) is 3.34. The van der Waals surface area contributed by atoms with Crippen LogP contribution >= 0.6 is 11.6 Å². The van der Waals surface area contributed by atoms with Crippen molar-refractivity contribution in [1.82, 2.24) is 15.1 Å². The van der Waals surface area contributed by atoms with Crippen molar-refractivity contribution < 1.29 is 17.9 Å². The lowest BCUT2D eigenvalue weighted by atomic mass is 10.0. The van der Waals surface area contributed by atoms with E-state index in [2.05, 4.69) is 20.0 Å². The third-order valence-corrected chi connectivity index (χ3v) is 7.17. The van der Waals surface area contributed by atoms with Gasteiger partial charge in [0.05, 0.1) is 18.3 Å². The van der Waals surface area contributed by atoms with E-state index in [9.17, 15) is 13.2 Å². The Balaban J connectivity index is 1.34. The molecule has 2 heterocycles. The van der Waals surface area contributed by atoms with Crippen LogP contribution in [0.15, 0.2) is 72.8 Å². The van der Waals surface area contributed by atoms with Crippen LogP contribution in [0, 0.1) is 0 Å². The second-order valence-electron chi connectivity index (χ2n) is 9.47. The Bertz CT molecular complexity index is 1170. The quantitative estimate of drug-likeness (QED) is 0.412. The van der Waals surface area contributed by atoms with Gasteiger partial charge in [-0.2, -0.15) is 13.2 Å². The number of alkyl halides is 3. The highest BCUT2D eigenvalue weighted by molar-refractivity contribution is 6.30. The summed E-state index contributed by atoms with van der Waals surface area (Å²) >= 11 is 5.95. The Labute approximate surface area is 220 Å². The summed E-state index contributed by atoms with van der Waals surface area (Å²) in [6, 6.07) is 20.4. The molecule has 0 radical (unpaired) electrons.